The molecule has 5 heteroatoms. The number of non-ortho nitro benzene ring substituents is 1. The number of hydrogen-bond acceptors (Lipinski definition) is 3. The van der Waals surface area contributed by atoms with E-state index in [1.165, 1.54) is 6.07 Å². The molecule has 1 unspecified atom stereocenters. The van der Waals surface area contributed by atoms with Gasteiger partial charge >= 0.3 is 0 Å². The second-order valence-electron chi connectivity index (χ2n) is 6.04. The van der Waals surface area contributed by atoms with Crippen molar-refractivity contribution in [2.45, 2.75) is 39.2 Å². The summed E-state index contributed by atoms with van der Waals surface area (Å²) in [5.41, 5.74) is 2.03. The maximum Gasteiger partial charge on any atom is 0.269 e. The van der Waals surface area contributed by atoms with Crippen molar-refractivity contribution in [3.63, 3.8) is 0 Å². The molecule has 0 spiro atoms. The van der Waals surface area contributed by atoms with Crippen molar-refractivity contribution in [1.29, 1.82) is 0 Å². The molecule has 1 aliphatic carbocycles. The van der Waals surface area contributed by atoms with E-state index in [0.29, 0.717) is 12.8 Å². The normalized spacial score (nSPS) is 24.0. The Labute approximate surface area is 111 Å². The zero-order valence-electron chi connectivity index (χ0n) is 11.0. The third-order valence-electron chi connectivity index (χ3n) is 4.18. The van der Waals surface area contributed by atoms with Crippen LogP contribution < -0.4 is 4.90 Å². The molecule has 0 radical (unpaired) electrons. The third-order valence-corrected chi connectivity index (χ3v) is 4.18. The first-order valence-corrected chi connectivity index (χ1v) is 6.49. The smallest absolute Gasteiger partial charge is 0.269 e. The zero-order chi connectivity index (χ0) is 13.8. The van der Waals surface area contributed by atoms with E-state index in [-0.39, 0.29) is 28.0 Å². The van der Waals surface area contributed by atoms with Gasteiger partial charge < -0.3 is 4.90 Å². The molecule has 5 nitrogen and oxygen atoms in total. The summed E-state index contributed by atoms with van der Waals surface area (Å²) in [4.78, 5) is 24.4. The molecule has 2 aliphatic rings. The zero-order valence-corrected chi connectivity index (χ0v) is 11.0. The van der Waals surface area contributed by atoms with Gasteiger partial charge in [-0.05, 0) is 29.9 Å². The van der Waals surface area contributed by atoms with Crippen molar-refractivity contribution >= 4 is 17.3 Å². The minimum Gasteiger partial charge on any atom is -0.309 e. The number of nitrogens with zero attached hydrogens (tertiary/aromatic N) is 2. The molecule has 1 fully saturated rings. The average Bonchev–Trinajstić information content (AvgIpc) is 2.97. The van der Waals surface area contributed by atoms with Gasteiger partial charge in [0.25, 0.3) is 5.69 Å². The number of carbonyl (C=O) groups is 1. The quantitative estimate of drug-likeness (QED) is 0.606. The van der Waals surface area contributed by atoms with Crippen molar-refractivity contribution in [3.05, 3.63) is 33.9 Å². The highest BCUT2D eigenvalue weighted by atomic mass is 16.6. The molecule has 1 heterocycles. The van der Waals surface area contributed by atoms with Crippen LogP contribution in [0.4, 0.5) is 11.4 Å². The van der Waals surface area contributed by atoms with Gasteiger partial charge in [-0.2, -0.15) is 0 Å². The molecule has 19 heavy (non-hydrogen) atoms. The highest BCUT2D eigenvalue weighted by molar-refractivity contribution is 5.97. The predicted octanol–water partition coefficient (Wildman–Crippen LogP) is 2.67. The van der Waals surface area contributed by atoms with Gasteiger partial charge in [-0.15, -0.1) is 0 Å². The van der Waals surface area contributed by atoms with Gasteiger partial charge in [0.05, 0.1) is 4.92 Å². The molecule has 0 bridgehead atoms. The number of benzene rings is 1. The average molecular weight is 260 g/mol. The fourth-order valence-corrected chi connectivity index (χ4v) is 2.84. The number of nitro benzene ring substituents is 1. The lowest BCUT2D eigenvalue weighted by molar-refractivity contribution is -0.384. The Balaban J connectivity index is 2.01. The number of rotatable bonds is 2. The lowest BCUT2D eigenvalue weighted by atomic mass is 9.99. The Morgan fingerprint density at radius 3 is 2.63 bits per heavy atom. The Hall–Kier alpha value is -1.91. The molecule has 0 saturated heterocycles. The number of carbonyl (C=O) groups excluding carboxylic acids is 1. The number of anilines is 1. The van der Waals surface area contributed by atoms with Crippen LogP contribution >= 0.6 is 0 Å². The van der Waals surface area contributed by atoms with Gasteiger partial charge in [0, 0.05) is 30.3 Å². The van der Waals surface area contributed by atoms with Crippen molar-refractivity contribution in [1.82, 2.24) is 0 Å². The molecule has 1 amide bonds. The minimum absolute atomic E-state index is 0.100. The summed E-state index contributed by atoms with van der Waals surface area (Å²) in [6, 6.07) is 5.05. The number of nitro groups is 1. The van der Waals surface area contributed by atoms with E-state index in [1.807, 2.05) is 4.90 Å². The largest absolute Gasteiger partial charge is 0.309 e. The number of amides is 1. The summed E-state index contributed by atoms with van der Waals surface area (Å²) in [5, 5.41) is 10.8. The van der Waals surface area contributed by atoms with E-state index in [2.05, 4.69) is 13.8 Å². The van der Waals surface area contributed by atoms with Gasteiger partial charge in [-0.3, -0.25) is 14.9 Å². The van der Waals surface area contributed by atoms with Crippen LogP contribution in [0.2, 0.25) is 0 Å². The van der Waals surface area contributed by atoms with E-state index in [4.69, 9.17) is 0 Å². The summed E-state index contributed by atoms with van der Waals surface area (Å²) in [6.07, 6.45) is 2.04. The summed E-state index contributed by atoms with van der Waals surface area (Å²) in [7, 11) is 0. The summed E-state index contributed by atoms with van der Waals surface area (Å²) in [6.45, 7) is 4.29. The second kappa shape index (κ2) is 3.79. The summed E-state index contributed by atoms with van der Waals surface area (Å²) >= 11 is 0. The molecule has 3 rings (SSSR count). The van der Waals surface area contributed by atoms with Gasteiger partial charge in [0.15, 0.2) is 0 Å². The van der Waals surface area contributed by atoms with Crippen molar-refractivity contribution in [3.8, 4) is 0 Å². The molecular weight excluding hydrogens is 244 g/mol. The van der Waals surface area contributed by atoms with E-state index in [9.17, 15) is 14.9 Å². The van der Waals surface area contributed by atoms with Crippen LogP contribution in [-0.4, -0.2) is 16.9 Å². The third kappa shape index (κ3) is 1.89. The Morgan fingerprint density at radius 1 is 1.37 bits per heavy atom. The van der Waals surface area contributed by atoms with Crippen LogP contribution in [0.15, 0.2) is 18.2 Å². The highest BCUT2D eigenvalue weighted by Gasteiger charge is 2.52. The lowest BCUT2D eigenvalue weighted by Gasteiger charge is -2.30. The molecule has 1 saturated carbocycles. The fourth-order valence-electron chi connectivity index (χ4n) is 2.84. The highest BCUT2D eigenvalue weighted by Crippen LogP contribution is 2.51. The van der Waals surface area contributed by atoms with E-state index in [1.54, 1.807) is 12.1 Å². The van der Waals surface area contributed by atoms with Gasteiger partial charge in [0.2, 0.25) is 5.91 Å². The lowest BCUT2D eigenvalue weighted by Crippen LogP contribution is -2.38. The van der Waals surface area contributed by atoms with E-state index < -0.39 is 0 Å². The number of hydrogen-bond donors (Lipinski definition) is 0. The van der Waals surface area contributed by atoms with Gasteiger partial charge in [0.1, 0.15) is 0 Å². The standard InChI is InChI=1S/C14H16N2O3/c1-14(2)8-12(14)15-11-5-4-10(16(18)19)7-9(11)3-6-13(15)17/h4-5,7,12H,3,6,8H2,1-2H3. The topological polar surface area (TPSA) is 63.5 Å². The molecule has 0 aromatic heterocycles. The molecule has 1 aromatic carbocycles. The first-order valence-electron chi connectivity index (χ1n) is 6.49. The van der Waals surface area contributed by atoms with Crippen LogP contribution in [-0.2, 0) is 11.2 Å². The number of fused-ring (bicyclic) bond motifs is 1. The first-order chi connectivity index (χ1) is 8.90. The van der Waals surface area contributed by atoms with Gasteiger partial charge in [-0.1, -0.05) is 13.8 Å². The monoisotopic (exact) mass is 260 g/mol. The predicted molar refractivity (Wildman–Crippen MR) is 71.1 cm³/mol. The van der Waals surface area contributed by atoms with Gasteiger partial charge in [-0.25, -0.2) is 0 Å². The van der Waals surface area contributed by atoms with Crippen molar-refractivity contribution < 1.29 is 9.72 Å². The summed E-state index contributed by atoms with van der Waals surface area (Å²) in [5.74, 6) is 0.136. The molecular formula is C14H16N2O3. The van der Waals surface area contributed by atoms with Crippen molar-refractivity contribution in [2.24, 2.45) is 5.41 Å². The van der Waals surface area contributed by atoms with Crippen LogP contribution in [0.5, 0.6) is 0 Å². The van der Waals surface area contributed by atoms with E-state index >= 15 is 0 Å². The van der Waals surface area contributed by atoms with Crippen LogP contribution in [0.25, 0.3) is 0 Å². The van der Waals surface area contributed by atoms with E-state index in [0.717, 1.165) is 17.7 Å². The summed E-state index contributed by atoms with van der Waals surface area (Å²) < 4.78 is 0. The molecule has 0 N–H and O–H groups in total. The molecule has 1 aliphatic heterocycles. The molecule has 100 valence electrons. The Bertz CT molecular complexity index is 580. The molecule has 1 atom stereocenters. The maximum atomic E-state index is 12.1. The SMILES string of the molecule is CC1(C)CC1N1C(=O)CCc2cc([N+](=O)[O-])ccc21. The Kier molecular flexibility index (Phi) is 2.42. The minimum atomic E-state index is -0.387. The van der Waals surface area contributed by atoms with Crippen LogP contribution in [0, 0.1) is 15.5 Å². The fraction of sp³-hybridized carbons (Fsp3) is 0.500. The number of aryl methyl sites for hydroxylation is 1. The second-order valence-corrected chi connectivity index (χ2v) is 6.04. The maximum absolute atomic E-state index is 12.1. The molecule has 1 aromatic rings. The van der Waals surface area contributed by atoms with Crippen molar-refractivity contribution in [2.75, 3.05) is 4.90 Å². The van der Waals surface area contributed by atoms with Crippen LogP contribution in [0.1, 0.15) is 32.3 Å². The first kappa shape index (κ1) is 12.1. The van der Waals surface area contributed by atoms with Crippen LogP contribution in [0.3, 0.4) is 0 Å². The Morgan fingerprint density at radius 2 is 2.05 bits per heavy atom.